The third-order valence-electron chi connectivity index (χ3n) is 11.2. The lowest BCUT2D eigenvalue weighted by molar-refractivity contribution is -0.255. The Kier molecular flexibility index (Phi) is 14.8. The number of benzene rings is 2. The van der Waals surface area contributed by atoms with Crippen molar-refractivity contribution < 1.29 is 38.8 Å². The van der Waals surface area contributed by atoms with Gasteiger partial charge in [0, 0.05) is 37.7 Å². The molecular formula is C44H60N2O8. The summed E-state index contributed by atoms with van der Waals surface area (Å²) in [6.45, 7) is 15.0. The summed E-state index contributed by atoms with van der Waals surface area (Å²) >= 11 is 0. The Labute approximate surface area is 321 Å². The highest BCUT2D eigenvalue weighted by atomic mass is 16.7. The van der Waals surface area contributed by atoms with Gasteiger partial charge in [0.05, 0.1) is 24.8 Å². The molecule has 3 aliphatic rings. The number of carbonyl (C=O) groups excluding carboxylic acids is 1. The minimum Gasteiger partial charge on any atom is -0.459 e. The molecule has 2 aromatic rings. The van der Waals surface area contributed by atoms with E-state index in [1.807, 2.05) is 31.2 Å². The van der Waals surface area contributed by atoms with E-state index in [0.717, 1.165) is 53.8 Å². The molecule has 2 aliphatic carbocycles. The first kappa shape index (κ1) is 41.1. The highest BCUT2D eigenvalue weighted by Gasteiger charge is 2.65. The van der Waals surface area contributed by atoms with E-state index in [1.54, 1.807) is 24.2 Å². The molecule has 6 atom stereocenters. The van der Waals surface area contributed by atoms with Crippen molar-refractivity contribution in [1.82, 2.24) is 4.90 Å². The molecule has 294 valence electrons. The summed E-state index contributed by atoms with van der Waals surface area (Å²) in [7, 11) is 1.55. The topological polar surface area (TPSA) is 119 Å². The molecule has 0 radical (unpaired) electrons. The Bertz CT molecular complexity index is 1650. The van der Waals surface area contributed by atoms with E-state index in [1.165, 1.54) is 5.56 Å². The number of aliphatic hydroxyl groups excluding tert-OH is 2. The van der Waals surface area contributed by atoms with Crippen LogP contribution in [-0.2, 0) is 14.3 Å². The number of aryl methyl sites for hydroxylation is 2. The maximum atomic E-state index is 14.0. The molecule has 0 saturated heterocycles. The minimum absolute atomic E-state index is 0.108. The van der Waals surface area contributed by atoms with Crippen molar-refractivity contribution in [3.8, 4) is 17.2 Å². The first-order valence-electron chi connectivity index (χ1n) is 19.7. The SMILES string of the molecule is C=CCCOC(=O)N(CCC)C1CC(=NOC)C2=CC(CCCCO)C(CCCCO)C3c4cc(Oc5ccc(C)c(C)c5)ccc4OC1(OCC=C)C23. The smallest absolute Gasteiger partial charge is 0.410 e. The first-order chi connectivity index (χ1) is 26.3. The molecule has 10 nitrogen and oxygen atoms in total. The van der Waals surface area contributed by atoms with Crippen LogP contribution in [0.2, 0.25) is 0 Å². The lowest BCUT2D eigenvalue weighted by Gasteiger charge is -2.59. The second-order valence-corrected chi connectivity index (χ2v) is 14.7. The van der Waals surface area contributed by atoms with Gasteiger partial charge in [0.25, 0.3) is 0 Å². The van der Waals surface area contributed by atoms with Crippen LogP contribution in [0.4, 0.5) is 4.79 Å². The summed E-state index contributed by atoms with van der Waals surface area (Å²) in [5.41, 5.74) is 5.06. The number of rotatable bonds is 20. The molecule has 10 heteroatoms. The van der Waals surface area contributed by atoms with Gasteiger partial charge in [-0.2, -0.15) is 0 Å². The van der Waals surface area contributed by atoms with Crippen LogP contribution in [0.5, 0.6) is 17.2 Å². The molecule has 1 heterocycles. The molecule has 1 amide bonds. The average Bonchev–Trinajstić information content (AvgIpc) is 3.16. The quantitative estimate of drug-likeness (QED) is 0.0785. The van der Waals surface area contributed by atoms with Crippen molar-refractivity contribution >= 4 is 11.8 Å². The van der Waals surface area contributed by atoms with Gasteiger partial charge >= 0.3 is 6.09 Å². The van der Waals surface area contributed by atoms with Crippen molar-refractivity contribution in [3.63, 3.8) is 0 Å². The number of allylic oxidation sites excluding steroid dienone is 1. The zero-order chi connectivity index (χ0) is 38.7. The van der Waals surface area contributed by atoms with Gasteiger partial charge in [-0.15, -0.1) is 13.2 Å². The van der Waals surface area contributed by atoms with Crippen LogP contribution >= 0.6 is 0 Å². The number of hydrogen-bond donors (Lipinski definition) is 2. The van der Waals surface area contributed by atoms with E-state index in [4.69, 9.17) is 23.8 Å². The van der Waals surface area contributed by atoms with Gasteiger partial charge in [-0.05, 0) is 111 Å². The normalized spacial score (nSPS) is 24.7. The molecular weight excluding hydrogens is 684 g/mol. The molecule has 5 rings (SSSR count). The number of amides is 1. The Morgan fingerprint density at radius 3 is 2.44 bits per heavy atom. The predicted octanol–water partition coefficient (Wildman–Crippen LogP) is 8.78. The summed E-state index contributed by atoms with van der Waals surface area (Å²) in [5.74, 6) is 0.473. The van der Waals surface area contributed by atoms with Gasteiger partial charge in [0.1, 0.15) is 30.4 Å². The largest absolute Gasteiger partial charge is 0.459 e. The van der Waals surface area contributed by atoms with E-state index in [0.29, 0.717) is 50.1 Å². The number of hydrogen-bond acceptors (Lipinski definition) is 9. The van der Waals surface area contributed by atoms with Gasteiger partial charge < -0.3 is 34.0 Å². The van der Waals surface area contributed by atoms with Crippen LogP contribution in [0.15, 0.2) is 78.5 Å². The summed E-state index contributed by atoms with van der Waals surface area (Å²) in [6, 6.07) is 11.5. The molecule has 1 saturated carbocycles. The standard InChI is InChI=1S/C44H60N2O8/c1-7-10-25-51-43(49)46(21-8-2)40-29-38(45-50-6)36-27-32(15-11-13-22-47)35(16-12-14-23-48)41-37-28-34(53-33-18-17-30(4)31(5)26-33)19-20-39(37)54-44(40,42(36)41)52-24-9-3/h7,9,17-20,26-28,32,35,40-42,47-48H,1,3,8,10-16,21-25,29H2,2,4-6H3. The van der Waals surface area contributed by atoms with Crippen LogP contribution in [0.25, 0.3) is 0 Å². The van der Waals surface area contributed by atoms with Crippen molar-refractivity contribution in [2.45, 2.75) is 96.3 Å². The number of fused-ring (bicyclic) bond motifs is 2. The summed E-state index contributed by atoms with van der Waals surface area (Å²) in [4.78, 5) is 21.3. The third kappa shape index (κ3) is 8.88. The van der Waals surface area contributed by atoms with Crippen LogP contribution in [0.3, 0.4) is 0 Å². The van der Waals surface area contributed by atoms with Gasteiger partial charge in [0.2, 0.25) is 5.79 Å². The predicted molar refractivity (Wildman–Crippen MR) is 211 cm³/mol. The van der Waals surface area contributed by atoms with E-state index >= 15 is 0 Å². The number of unbranched alkanes of at least 4 members (excludes halogenated alkanes) is 2. The van der Waals surface area contributed by atoms with Crippen LogP contribution in [0, 0.1) is 31.6 Å². The Balaban J connectivity index is 1.75. The van der Waals surface area contributed by atoms with Crippen LogP contribution in [0.1, 0.15) is 87.3 Å². The fourth-order valence-electron chi connectivity index (χ4n) is 8.66. The maximum absolute atomic E-state index is 14.0. The van der Waals surface area contributed by atoms with Crippen LogP contribution < -0.4 is 9.47 Å². The van der Waals surface area contributed by atoms with Gasteiger partial charge in [-0.25, -0.2) is 4.79 Å². The summed E-state index contributed by atoms with van der Waals surface area (Å²) in [6.07, 6.45) is 11.7. The van der Waals surface area contributed by atoms with Crippen molar-refractivity contribution in [2.24, 2.45) is 22.9 Å². The van der Waals surface area contributed by atoms with Crippen molar-refractivity contribution in [3.05, 3.63) is 90.0 Å². The van der Waals surface area contributed by atoms with E-state index in [9.17, 15) is 15.0 Å². The fourth-order valence-corrected chi connectivity index (χ4v) is 8.66. The molecule has 0 bridgehead atoms. The Hall–Kier alpha value is -4.12. The van der Waals surface area contributed by atoms with E-state index < -0.39 is 23.8 Å². The highest BCUT2D eigenvalue weighted by Crippen LogP contribution is 2.62. The highest BCUT2D eigenvalue weighted by molar-refractivity contribution is 6.02. The summed E-state index contributed by atoms with van der Waals surface area (Å²) < 4.78 is 26.6. The lowest BCUT2D eigenvalue weighted by Crippen LogP contribution is -2.70. The second-order valence-electron chi connectivity index (χ2n) is 14.7. The lowest BCUT2D eigenvalue weighted by atomic mass is 9.55. The minimum atomic E-state index is -1.33. The van der Waals surface area contributed by atoms with Gasteiger partial charge in [-0.3, -0.25) is 4.90 Å². The van der Waals surface area contributed by atoms with Crippen LogP contribution in [-0.4, -0.2) is 78.8 Å². The Morgan fingerprint density at radius 1 is 1.02 bits per heavy atom. The Morgan fingerprint density at radius 2 is 1.76 bits per heavy atom. The molecule has 6 unspecified atom stereocenters. The third-order valence-corrected chi connectivity index (χ3v) is 11.2. The monoisotopic (exact) mass is 744 g/mol. The number of nitrogens with zero attached hydrogens (tertiary/aromatic N) is 2. The number of aliphatic hydroxyl groups is 2. The molecule has 54 heavy (non-hydrogen) atoms. The van der Waals surface area contributed by atoms with Crippen molar-refractivity contribution in [1.29, 1.82) is 0 Å². The van der Waals surface area contributed by atoms with E-state index in [2.05, 4.69) is 50.4 Å². The number of oxime groups is 1. The van der Waals surface area contributed by atoms with Crippen molar-refractivity contribution in [2.75, 3.05) is 40.1 Å². The molecule has 0 spiro atoms. The molecule has 2 aromatic carbocycles. The zero-order valence-corrected chi connectivity index (χ0v) is 32.6. The van der Waals surface area contributed by atoms with Gasteiger partial charge in [-0.1, -0.05) is 49.2 Å². The molecule has 1 aliphatic heterocycles. The molecule has 0 aromatic heterocycles. The maximum Gasteiger partial charge on any atom is 0.410 e. The molecule has 2 N–H and O–H groups in total. The van der Waals surface area contributed by atoms with E-state index in [-0.39, 0.29) is 44.2 Å². The molecule has 1 fully saturated rings. The summed E-state index contributed by atoms with van der Waals surface area (Å²) in [5, 5.41) is 24.3. The average molecular weight is 745 g/mol. The number of ether oxygens (including phenoxy) is 4. The first-order valence-corrected chi connectivity index (χ1v) is 19.7. The second kappa shape index (κ2) is 19.5. The fraction of sp³-hybridized carbons (Fsp3) is 0.545. The number of carbonyl (C=O) groups is 1. The van der Waals surface area contributed by atoms with Gasteiger partial charge in [0.15, 0.2) is 0 Å². The zero-order valence-electron chi connectivity index (χ0n) is 32.6.